The summed E-state index contributed by atoms with van der Waals surface area (Å²) in [5, 5.41) is 24.9. The third-order valence-corrected chi connectivity index (χ3v) is 1.86. The van der Waals surface area contributed by atoms with E-state index in [1.54, 1.807) is 7.11 Å². The molecule has 3 N–H and O–H groups in total. The molecule has 1 saturated heterocycles. The number of hydrogen-bond acceptors (Lipinski definition) is 5. The van der Waals surface area contributed by atoms with Crippen molar-refractivity contribution in [2.24, 2.45) is 5.92 Å². The molecule has 0 spiro atoms. The van der Waals surface area contributed by atoms with Crippen molar-refractivity contribution in [1.29, 1.82) is 0 Å². The molecule has 1 aliphatic rings. The summed E-state index contributed by atoms with van der Waals surface area (Å²) >= 11 is 0. The Morgan fingerprint density at radius 3 is 2.07 bits per heavy atom. The topological polar surface area (TPSA) is 79.2 Å². The second-order valence-electron chi connectivity index (χ2n) is 4.25. The van der Waals surface area contributed by atoms with Crippen LogP contribution in [-0.4, -0.2) is 47.2 Å². The monoisotopic (exact) mass is 222 g/mol. The average Bonchev–Trinajstić information content (AvgIpc) is 2.43. The van der Waals surface area contributed by atoms with E-state index in [4.69, 9.17) is 24.8 Å². The molecule has 1 rings (SSSR count). The second kappa shape index (κ2) is 6.40. The molecule has 0 saturated carbocycles. The predicted octanol–water partition coefficient (Wildman–Crippen LogP) is 0.0833. The van der Waals surface area contributed by atoms with Crippen LogP contribution in [0.2, 0.25) is 0 Å². The summed E-state index contributed by atoms with van der Waals surface area (Å²) in [5.41, 5.74) is 0. The summed E-state index contributed by atoms with van der Waals surface area (Å²) in [7, 11) is 1.63. The molecule has 0 aromatic rings. The third-order valence-electron chi connectivity index (χ3n) is 1.86. The number of ether oxygens (including phenoxy) is 2. The molecule has 0 bridgehead atoms. The van der Waals surface area contributed by atoms with Gasteiger partial charge in [0.25, 0.3) is 0 Å². The van der Waals surface area contributed by atoms with Gasteiger partial charge in [0.2, 0.25) is 0 Å². The molecule has 0 aliphatic carbocycles. The molecule has 1 heterocycles. The van der Waals surface area contributed by atoms with Crippen molar-refractivity contribution in [2.45, 2.75) is 45.4 Å². The minimum absolute atomic E-state index is 0.0139. The zero-order valence-electron chi connectivity index (χ0n) is 9.80. The zero-order valence-corrected chi connectivity index (χ0v) is 9.80. The van der Waals surface area contributed by atoms with Crippen molar-refractivity contribution < 1.29 is 24.8 Å². The molecule has 3 atom stereocenters. The van der Waals surface area contributed by atoms with Crippen molar-refractivity contribution in [3.05, 3.63) is 0 Å². The van der Waals surface area contributed by atoms with E-state index in [9.17, 15) is 0 Å². The normalized spacial score (nSPS) is 31.0. The molecule has 0 amide bonds. The maximum absolute atomic E-state index is 8.72. The van der Waals surface area contributed by atoms with Crippen molar-refractivity contribution in [3.8, 4) is 0 Å². The van der Waals surface area contributed by atoms with Gasteiger partial charge in [-0.3, -0.25) is 0 Å². The highest BCUT2D eigenvalue weighted by Gasteiger charge is 2.31. The van der Waals surface area contributed by atoms with Crippen LogP contribution >= 0.6 is 0 Å². The maximum atomic E-state index is 8.72. The van der Waals surface area contributed by atoms with Gasteiger partial charge in [-0.15, -0.1) is 0 Å². The molecule has 0 aromatic carbocycles. The molecular weight excluding hydrogens is 200 g/mol. The van der Waals surface area contributed by atoms with E-state index in [0.29, 0.717) is 5.92 Å². The van der Waals surface area contributed by atoms with Gasteiger partial charge in [0.05, 0.1) is 12.7 Å². The summed E-state index contributed by atoms with van der Waals surface area (Å²) in [6, 6.07) is 0. The predicted molar refractivity (Wildman–Crippen MR) is 55.1 cm³/mol. The van der Waals surface area contributed by atoms with Crippen LogP contribution < -0.4 is 0 Å². The van der Waals surface area contributed by atoms with E-state index < -0.39 is 5.79 Å². The Hall–Kier alpha value is -0.200. The molecule has 15 heavy (non-hydrogen) atoms. The zero-order chi connectivity index (χ0) is 12.1. The van der Waals surface area contributed by atoms with Crippen LogP contribution in [0.25, 0.3) is 0 Å². The first-order valence-electron chi connectivity index (χ1n) is 5.01. The lowest BCUT2D eigenvalue weighted by Gasteiger charge is -2.11. The Kier molecular flexibility index (Phi) is 6.31. The van der Waals surface area contributed by atoms with Crippen molar-refractivity contribution >= 4 is 0 Å². The molecule has 5 nitrogen and oxygen atoms in total. The van der Waals surface area contributed by atoms with E-state index in [1.807, 2.05) is 0 Å². The Morgan fingerprint density at radius 2 is 1.87 bits per heavy atom. The molecular formula is C10H22O5. The lowest BCUT2D eigenvalue weighted by Crippen LogP contribution is -2.17. The van der Waals surface area contributed by atoms with Gasteiger partial charge < -0.3 is 24.8 Å². The number of aliphatic hydroxyl groups excluding tert-OH is 1. The summed E-state index contributed by atoms with van der Waals surface area (Å²) < 4.78 is 10.3. The van der Waals surface area contributed by atoms with Gasteiger partial charge in [0.15, 0.2) is 12.1 Å². The second-order valence-corrected chi connectivity index (χ2v) is 4.25. The molecule has 1 fully saturated rings. The number of rotatable bonds is 2. The van der Waals surface area contributed by atoms with Crippen LogP contribution in [-0.2, 0) is 9.47 Å². The van der Waals surface area contributed by atoms with E-state index in [-0.39, 0.29) is 19.0 Å². The summed E-state index contributed by atoms with van der Waals surface area (Å²) in [5.74, 6) is -1.10. The Bertz CT molecular complexity index is 160. The van der Waals surface area contributed by atoms with Gasteiger partial charge in [-0.1, -0.05) is 6.92 Å². The van der Waals surface area contributed by atoms with E-state index in [1.165, 1.54) is 13.8 Å². The Labute approximate surface area is 90.6 Å². The van der Waals surface area contributed by atoms with Crippen LogP contribution in [0.15, 0.2) is 0 Å². The van der Waals surface area contributed by atoms with Crippen LogP contribution in [0.1, 0.15) is 27.2 Å². The minimum Gasteiger partial charge on any atom is -0.394 e. The first-order valence-corrected chi connectivity index (χ1v) is 5.01. The largest absolute Gasteiger partial charge is 0.394 e. The van der Waals surface area contributed by atoms with Gasteiger partial charge in [-0.25, -0.2) is 0 Å². The molecule has 1 aliphatic heterocycles. The fourth-order valence-electron chi connectivity index (χ4n) is 1.31. The number of methoxy groups -OCH3 is 1. The van der Waals surface area contributed by atoms with Gasteiger partial charge in [0, 0.05) is 13.0 Å². The van der Waals surface area contributed by atoms with Crippen LogP contribution in [0.5, 0.6) is 0 Å². The fraction of sp³-hybridized carbons (Fsp3) is 1.00. The van der Waals surface area contributed by atoms with Crippen LogP contribution in [0.4, 0.5) is 0 Å². The fourth-order valence-corrected chi connectivity index (χ4v) is 1.31. The van der Waals surface area contributed by atoms with Gasteiger partial charge >= 0.3 is 0 Å². The van der Waals surface area contributed by atoms with E-state index >= 15 is 0 Å². The quantitative estimate of drug-likeness (QED) is 0.577. The van der Waals surface area contributed by atoms with Crippen molar-refractivity contribution in [3.63, 3.8) is 0 Å². The van der Waals surface area contributed by atoms with Gasteiger partial charge in [0.1, 0.15) is 0 Å². The first kappa shape index (κ1) is 14.8. The maximum Gasteiger partial charge on any atom is 0.160 e. The Morgan fingerprint density at radius 1 is 1.40 bits per heavy atom. The third kappa shape index (κ3) is 7.70. The highest BCUT2D eigenvalue weighted by molar-refractivity contribution is 4.73. The highest BCUT2D eigenvalue weighted by Crippen LogP contribution is 2.25. The molecule has 3 unspecified atom stereocenters. The summed E-state index contributed by atoms with van der Waals surface area (Å²) in [6.07, 6.45) is 0.770. The summed E-state index contributed by atoms with van der Waals surface area (Å²) in [4.78, 5) is 0. The number of aliphatic hydroxyl groups is 3. The van der Waals surface area contributed by atoms with Crippen LogP contribution in [0.3, 0.4) is 0 Å². The number of hydrogen-bond donors (Lipinski definition) is 3. The van der Waals surface area contributed by atoms with Crippen molar-refractivity contribution in [1.82, 2.24) is 0 Å². The SMILES string of the molecule is CC(C)(O)O.COC1OC(CO)CC1C. The van der Waals surface area contributed by atoms with E-state index in [2.05, 4.69) is 6.92 Å². The Balaban J connectivity index is 0.000000336. The van der Waals surface area contributed by atoms with Crippen molar-refractivity contribution in [2.75, 3.05) is 13.7 Å². The van der Waals surface area contributed by atoms with Gasteiger partial charge in [-0.05, 0) is 20.3 Å². The standard InChI is InChI=1S/C7H14O3.C3H8O2/c1-5-3-6(4-8)10-7(5)9-2;1-3(2,4)5/h5-8H,3-4H2,1-2H3;4-5H,1-2H3. The van der Waals surface area contributed by atoms with Crippen LogP contribution in [0, 0.1) is 5.92 Å². The molecule has 0 radical (unpaired) electrons. The summed E-state index contributed by atoms with van der Waals surface area (Å²) in [6.45, 7) is 4.76. The molecule has 0 aromatic heterocycles. The molecule has 92 valence electrons. The lowest BCUT2D eigenvalue weighted by atomic mass is 10.1. The first-order chi connectivity index (χ1) is 6.77. The minimum atomic E-state index is -1.50. The van der Waals surface area contributed by atoms with E-state index in [0.717, 1.165) is 6.42 Å². The molecule has 5 heteroatoms. The smallest absolute Gasteiger partial charge is 0.160 e. The van der Waals surface area contributed by atoms with Gasteiger partial charge in [-0.2, -0.15) is 0 Å². The highest BCUT2D eigenvalue weighted by atomic mass is 16.7. The lowest BCUT2D eigenvalue weighted by molar-refractivity contribution is -0.135. The average molecular weight is 222 g/mol.